The van der Waals surface area contributed by atoms with E-state index in [0.717, 1.165) is 12.8 Å². The molecular weight excluding hydrogens is 282 g/mol. The third-order valence-corrected chi connectivity index (χ3v) is 3.62. The molecule has 1 unspecified atom stereocenters. The molecule has 110 valence electrons. The van der Waals surface area contributed by atoms with Crippen molar-refractivity contribution in [3.05, 3.63) is 29.3 Å². The van der Waals surface area contributed by atoms with Gasteiger partial charge < -0.3 is 15.8 Å². The summed E-state index contributed by atoms with van der Waals surface area (Å²) in [5.74, 6) is -1.95. The highest BCUT2D eigenvalue weighted by Gasteiger charge is 2.29. The fourth-order valence-corrected chi connectivity index (χ4v) is 2.58. The Morgan fingerprint density at radius 3 is 2.70 bits per heavy atom. The maximum absolute atomic E-state index is 14.0. The van der Waals surface area contributed by atoms with Crippen LogP contribution in [0, 0.1) is 11.6 Å². The minimum atomic E-state index is -1.01. The number of ether oxygens (including phenoxy) is 1. The lowest BCUT2D eigenvalue weighted by atomic mass is 9.93. The molecule has 0 spiro atoms. The molecular formula is C14H18F2N2OS. The first-order chi connectivity index (χ1) is 9.30. The number of nitrogens with one attached hydrogen (secondary N) is 1. The second kappa shape index (κ2) is 5.61. The van der Waals surface area contributed by atoms with Crippen LogP contribution < -0.4 is 11.1 Å². The quantitative estimate of drug-likeness (QED) is 0.843. The van der Waals surface area contributed by atoms with Crippen molar-refractivity contribution >= 4 is 22.9 Å². The van der Waals surface area contributed by atoms with Crippen LogP contribution in [0.25, 0.3) is 0 Å². The van der Waals surface area contributed by atoms with E-state index in [1.165, 1.54) is 12.1 Å². The van der Waals surface area contributed by atoms with E-state index < -0.39 is 11.6 Å². The molecule has 0 radical (unpaired) electrons. The van der Waals surface area contributed by atoms with E-state index in [0.29, 0.717) is 6.61 Å². The summed E-state index contributed by atoms with van der Waals surface area (Å²) in [6.07, 6.45) is 1.48. The first-order valence-electron chi connectivity index (χ1n) is 6.48. The maximum atomic E-state index is 14.0. The van der Waals surface area contributed by atoms with Crippen LogP contribution in [-0.4, -0.2) is 23.2 Å². The molecule has 1 saturated heterocycles. The zero-order valence-corrected chi connectivity index (χ0v) is 12.3. The number of rotatable bonds is 3. The van der Waals surface area contributed by atoms with Crippen molar-refractivity contribution in [3.8, 4) is 0 Å². The molecule has 2 rings (SSSR count). The third-order valence-electron chi connectivity index (χ3n) is 3.40. The van der Waals surface area contributed by atoms with Crippen LogP contribution in [0.5, 0.6) is 0 Å². The summed E-state index contributed by atoms with van der Waals surface area (Å²) in [5.41, 5.74) is 5.14. The standard InChI is InChI=1S/C14H18F2N2OS/c1-14(2)7-8(5-6-19-14)18-10-4-3-9(13(17)20)11(15)12(10)16/h3-4,8,18H,5-7H2,1-2H3,(H2,17,20). The van der Waals surface area contributed by atoms with Crippen molar-refractivity contribution in [3.63, 3.8) is 0 Å². The average molecular weight is 300 g/mol. The van der Waals surface area contributed by atoms with Gasteiger partial charge in [-0.2, -0.15) is 0 Å². The highest BCUT2D eigenvalue weighted by Crippen LogP contribution is 2.28. The van der Waals surface area contributed by atoms with Gasteiger partial charge in [0.2, 0.25) is 0 Å². The molecule has 1 aromatic carbocycles. The highest BCUT2D eigenvalue weighted by molar-refractivity contribution is 7.80. The molecule has 1 fully saturated rings. The monoisotopic (exact) mass is 300 g/mol. The van der Waals surface area contributed by atoms with E-state index in [9.17, 15) is 8.78 Å². The topological polar surface area (TPSA) is 47.3 Å². The van der Waals surface area contributed by atoms with Crippen LogP contribution in [0.1, 0.15) is 32.3 Å². The molecule has 0 amide bonds. The Morgan fingerprint density at radius 1 is 1.40 bits per heavy atom. The van der Waals surface area contributed by atoms with Gasteiger partial charge in [-0.1, -0.05) is 12.2 Å². The maximum Gasteiger partial charge on any atom is 0.182 e. The van der Waals surface area contributed by atoms with E-state index in [4.69, 9.17) is 10.5 Å². The molecule has 20 heavy (non-hydrogen) atoms. The summed E-state index contributed by atoms with van der Waals surface area (Å²) in [4.78, 5) is -0.153. The van der Waals surface area contributed by atoms with Gasteiger partial charge in [0.15, 0.2) is 11.6 Å². The van der Waals surface area contributed by atoms with Crippen LogP contribution in [0.2, 0.25) is 0 Å². The first-order valence-corrected chi connectivity index (χ1v) is 6.89. The van der Waals surface area contributed by atoms with E-state index in [-0.39, 0.29) is 27.9 Å². The second-order valence-corrected chi connectivity index (χ2v) is 6.03. The van der Waals surface area contributed by atoms with E-state index in [1.54, 1.807) is 0 Å². The number of hydrogen-bond acceptors (Lipinski definition) is 3. The SMILES string of the molecule is CC1(C)CC(Nc2ccc(C(N)=S)c(F)c2F)CCO1. The van der Waals surface area contributed by atoms with Gasteiger partial charge in [-0.25, -0.2) is 8.78 Å². The fraction of sp³-hybridized carbons (Fsp3) is 0.500. The number of halogens is 2. The molecule has 1 aliphatic rings. The minimum Gasteiger partial charge on any atom is -0.389 e. The second-order valence-electron chi connectivity index (χ2n) is 5.60. The Kier molecular flexibility index (Phi) is 4.25. The summed E-state index contributed by atoms with van der Waals surface area (Å²) in [7, 11) is 0. The number of anilines is 1. The summed E-state index contributed by atoms with van der Waals surface area (Å²) in [6, 6.07) is 2.91. The molecule has 3 N–H and O–H groups in total. The first kappa shape index (κ1) is 15.1. The number of nitrogens with two attached hydrogens (primary N) is 1. The van der Waals surface area contributed by atoms with Crippen LogP contribution >= 0.6 is 12.2 Å². The van der Waals surface area contributed by atoms with Gasteiger partial charge >= 0.3 is 0 Å². The normalized spacial score (nSPS) is 21.5. The Labute approximate surface area is 122 Å². The molecule has 1 heterocycles. The van der Waals surface area contributed by atoms with Crippen molar-refractivity contribution < 1.29 is 13.5 Å². The molecule has 0 bridgehead atoms. The highest BCUT2D eigenvalue weighted by atomic mass is 32.1. The summed E-state index contributed by atoms with van der Waals surface area (Å²) >= 11 is 4.68. The van der Waals surface area contributed by atoms with E-state index >= 15 is 0 Å². The summed E-state index contributed by atoms with van der Waals surface area (Å²) in [5, 5.41) is 3.03. The van der Waals surface area contributed by atoms with Gasteiger partial charge in [-0.3, -0.25) is 0 Å². The largest absolute Gasteiger partial charge is 0.389 e. The van der Waals surface area contributed by atoms with E-state index in [1.807, 2.05) is 13.8 Å². The molecule has 1 aliphatic heterocycles. The Morgan fingerprint density at radius 2 is 2.10 bits per heavy atom. The summed E-state index contributed by atoms with van der Waals surface area (Å²) < 4.78 is 33.4. The Bertz CT molecular complexity index is 534. The molecule has 0 saturated carbocycles. The predicted octanol–water partition coefficient (Wildman–Crippen LogP) is 2.97. The molecule has 3 nitrogen and oxygen atoms in total. The molecule has 1 atom stereocenters. The van der Waals surface area contributed by atoms with Gasteiger partial charge in [0, 0.05) is 18.2 Å². The van der Waals surface area contributed by atoms with Crippen LogP contribution in [0.3, 0.4) is 0 Å². The zero-order chi connectivity index (χ0) is 14.9. The van der Waals surface area contributed by atoms with Crippen LogP contribution in [0.15, 0.2) is 12.1 Å². The zero-order valence-electron chi connectivity index (χ0n) is 11.5. The van der Waals surface area contributed by atoms with Gasteiger partial charge in [0.1, 0.15) is 4.99 Å². The van der Waals surface area contributed by atoms with Gasteiger partial charge in [0.25, 0.3) is 0 Å². The third kappa shape index (κ3) is 3.24. The lowest BCUT2D eigenvalue weighted by Crippen LogP contribution is -2.40. The van der Waals surface area contributed by atoms with Gasteiger partial charge in [-0.15, -0.1) is 0 Å². The molecule has 6 heteroatoms. The summed E-state index contributed by atoms with van der Waals surface area (Å²) in [6.45, 7) is 4.56. The molecule has 0 aromatic heterocycles. The predicted molar refractivity (Wildman–Crippen MR) is 78.9 cm³/mol. The average Bonchev–Trinajstić information content (AvgIpc) is 2.33. The van der Waals surface area contributed by atoms with Gasteiger partial charge in [-0.05, 0) is 38.8 Å². The fourth-order valence-electron chi connectivity index (χ4n) is 2.43. The lowest BCUT2D eigenvalue weighted by molar-refractivity contribution is -0.0553. The van der Waals surface area contributed by atoms with Crippen molar-refractivity contribution in [2.24, 2.45) is 5.73 Å². The van der Waals surface area contributed by atoms with Crippen molar-refractivity contribution in [1.82, 2.24) is 0 Å². The van der Waals surface area contributed by atoms with Crippen LogP contribution in [-0.2, 0) is 4.74 Å². The van der Waals surface area contributed by atoms with E-state index in [2.05, 4.69) is 17.5 Å². The van der Waals surface area contributed by atoms with Crippen LogP contribution in [0.4, 0.5) is 14.5 Å². The van der Waals surface area contributed by atoms with Crippen molar-refractivity contribution in [2.75, 3.05) is 11.9 Å². The Balaban J connectivity index is 2.18. The number of hydrogen-bond donors (Lipinski definition) is 2. The number of benzene rings is 1. The smallest absolute Gasteiger partial charge is 0.182 e. The molecule has 0 aliphatic carbocycles. The van der Waals surface area contributed by atoms with Gasteiger partial charge in [0.05, 0.1) is 11.3 Å². The molecule has 1 aromatic rings. The lowest BCUT2D eigenvalue weighted by Gasteiger charge is -2.36. The number of thiocarbonyl (C=S) groups is 1. The minimum absolute atomic E-state index is 0.0447. The van der Waals surface area contributed by atoms with Crippen molar-refractivity contribution in [2.45, 2.75) is 38.3 Å². The van der Waals surface area contributed by atoms with Crippen molar-refractivity contribution in [1.29, 1.82) is 0 Å². The Hall–Kier alpha value is -1.27.